The molecule has 0 bridgehead atoms. The van der Waals surface area contributed by atoms with E-state index < -0.39 is 10.0 Å². The third-order valence-corrected chi connectivity index (χ3v) is 7.17. The van der Waals surface area contributed by atoms with Crippen molar-refractivity contribution in [3.05, 3.63) is 23.8 Å². The summed E-state index contributed by atoms with van der Waals surface area (Å²) in [4.78, 5) is 14.8. The molecule has 2 saturated heterocycles. The van der Waals surface area contributed by atoms with Crippen LogP contribution in [0, 0.1) is 0 Å². The Morgan fingerprint density at radius 1 is 1.15 bits per heavy atom. The Morgan fingerprint density at radius 2 is 1.85 bits per heavy atom. The third-order valence-electron chi connectivity index (χ3n) is 5.25. The van der Waals surface area contributed by atoms with Crippen LogP contribution in [0.1, 0.15) is 43.0 Å². The third kappa shape index (κ3) is 4.44. The Labute approximate surface area is 161 Å². The summed E-state index contributed by atoms with van der Waals surface area (Å²) in [5, 5.41) is 3.30. The highest BCUT2D eigenvalue weighted by molar-refractivity contribution is 7.89. The Kier molecular flexibility index (Phi) is 6.39. The maximum atomic E-state index is 13.2. The molecular formula is C19H29N3O4S. The first-order valence-electron chi connectivity index (χ1n) is 9.64. The first-order chi connectivity index (χ1) is 12.9. The van der Waals surface area contributed by atoms with Crippen LogP contribution in [-0.2, 0) is 10.0 Å². The lowest BCUT2D eigenvalue weighted by molar-refractivity contribution is 0.0709. The molecule has 0 radical (unpaired) electrons. The lowest BCUT2D eigenvalue weighted by Gasteiger charge is -2.32. The molecule has 0 saturated carbocycles. The summed E-state index contributed by atoms with van der Waals surface area (Å²) < 4.78 is 33.3. The molecule has 2 aliphatic heterocycles. The minimum Gasteiger partial charge on any atom is -0.495 e. The van der Waals surface area contributed by atoms with Crippen LogP contribution >= 0.6 is 0 Å². The zero-order valence-corrected chi connectivity index (χ0v) is 16.9. The summed E-state index contributed by atoms with van der Waals surface area (Å²) >= 11 is 0. The fourth-order valence-corrected chi connectivity index (χ4v) is 5.43. The van der Waals surface area contributed by atoms with Crippen molar-refractivity contribution in [3.63, 3.8) is 0 Å². The molecule has 1 N–H and O–H groups in total. The second-order valence-corrected chi connectivity index (χ2v) is 9.20. The lowest BCUT2D eigenvalue weighted by Crippen LogP contribution is -2.51. The van der Waals surface area contributed by atoms with E-state index in [1.165, 1.54) is 17.5 Å². The smallest absolute Gasteiger partial charge is 0.253 e. The largest absolute Gasteiger partial charge is 0.495 e. The van der Waals surface area contributed by atoms with Gasteiger partial charge in [0.15, 0.2) is 0 Å². The summed E-state index contributed by atoms with van der Waals surface area (Å²) in [7, 11) is -2.25. The summed E-state index contributed by atoms with van der Waals surface area (Å²) in [5.41, 5.74) is 0.387. The van der Waals surface area contributed by atoms with Crippen LogP contribution in [-0.4, -0.2) is 69.4 Å². The maximum Gasteiger partial charge on any atom is 0.253 e. The fraction of sp³-hybridized carbons (Fsp3) is 0.632. The molecule has 27 heavy (non-hydrogen) atoms. The fourth-order valence-electron chi connectivity index (χ4n) is 3.73. The number of carbonyl (C=O) groups excluding carboxylic acids is 1. The predicted octanol–water partition coefficient (Wildman–Crippen LogP) is 1.69. The van der Waals surface area contributed by atoms with E-state index in [2.05, 4.69) is 5.32 Å². The van der Waals surface area contributed by atoms with Crippen molar-refractivity contribution in [1.82, 2.24) is 14.5 Å². The first kappa shape index (κ1) is 20.1. The number of methoxy groups -OCH3 is 1. The number of piperazine rings is 1. The van der Waals surface area contributed by atoms with Crippen LogP contribution in [0.5, 0.6) is 5.75 Å². The molecule has 1 amide bonds. The van der Waals surface area contributed by atoms with Gasteiger partial charge in [-0.1, -0.05) is 12.8 Å². The molecule has 2 aliphatic rings. The van der Waals surface area contributed by atoms with Gasteiger partial charge in [0.2, 0.25) is 10.0 Å². The van der Waals surface area contributed by atoms with Crippen LogP contribution in [0.4, 0.5) is 0 Å². The van der Waals surface area contributed by atoms with E-state index in [9.17, 15) is 13.2 Å². The summed E-state index contributed by atoms with van der Waals surface area (Å²) in [6.45, 7) is 5.02. The molecule has 8 heteroatoms. The molecule has 0 aliphatic carbocycles. The van der Waals surface area contributed by atoms with Crippen molar-refractivity contribution in [2.24, 2.45) is 0 Å². The Bertz CT molecular complexity index is 773. The van der Waals surface area contributed by atoms with E-state index in [0.717, 1.165) is 32.2 Å². The monoisotopic (exact) mass is 395 g/mol. The van der Waals surface area contributed by atoms with Crippen LogP contribution in [0.15, 0.2) is 23.1 Å². The molecule has 150 valence electrons. The number of sulfonamides is 1. The number of benzene rings is 1. The summed E-state index contributed by atoms with van der Waals surface area (Å²) in [6, 6.07) is 4.94. The molecule has 1 atom stereocenters. The van der Waals surface area contributed by atoms with Gasteiger partial charge in [-0.2, -0.15) is 4.31 Å². The topological polar surface area (TPSA) is 79.0 Å². The molecule has 1 aromatic carbocycles. The van der Waals surface area contributed by atoms with Crippen LogP contribution in [0.2, 0.25) is 0 Å². The van der Waals surface area contributed by atoms with E-state index in [1.54, 1.807) is 17.0 Å². The van der Waals surface area contributed by atoms with Crippen molar-refractivity contribution in [2.45, 2.75) is 43.5 Å². The zero-order valence-electron chi connectivity index (χ0n) is 16.1. The molecule has 0 aromatic heterocycles. The molecule has 1 unspecified atom stereocenters. The van der Waals surface area contributed by atoms with Gasteiger partial charge in [0, 0.05) is 44.3 Å². The van der Waals surface area contributed by atoms with E-state index in [0.29, 0.717) is 31.7 Å². The number of hydrogen-bond donors (Lipinski definition) is 1. The number of rotatable bonds is 4. The van der Waals surface area contributed by atoms with Gasteiger partial charge in [-0.15, -0.1) is 0 Å². The minimum absolute atomic E-state index is 0.0842. The summed E-state index contributed by atoms with van der Waals surface area (Å²) in [5.74, 6) is 0.141. The summed E-state index contributed by atoms with van der Waals surface area (Å²) in [6.07, 6.45) is 3.81. The first-order valence-corrected chi connectivity index (χ1v) is 11.1. The van der Waals surface area contributed by atoms with Gasteiger partial charge in [0.1, 0.15) is 10.6 Å². The SMILES string of the molecule is COc1ccc(C(=O)N2CCNC(C)C2)cc1S(=O)(=O)N1CCCCCC1. The van der Waals surface area contributed by atoms with Crippen molar-refractivity contribution < 1.29 is 17.9 Å². The standard InChI is InChI=1S/C19H29N3O4S/c1-15-14-21(12-9-20-15)19(23)16-7-8-17(26-2)18(13-16)27(24,25)22-10-5-3-4-6-11-22/h7-8,13,15,20H,3-6,9-12,14H2,1-2H3. The van der Waals surface area contributed by atoms with Gasteiger partial charge in [-0.25, -0.2) is 8.42 Å². The molecule has 7 nitrogen and oxygen atoms in total. The van der Waals surface area contributed by atoms with Gasteiger partial charge in [0.25, 0.3) is 5.91 Å². The van der Waals surface area contributed by atoms with E-state index in [4.69, 9.17) is 4.74 Å². The van der Waals surface area contributed by atoms with E-state index in [-0.39, 0.29) is 22.6 Å². The van der Waals surface area contributed by atoms with Crippen LogP contribution in [0.25, 0.3) is 0 Å². The molecule has 2 heterocycles. The molecule has 3 rings (SSSR count). The highest BCUT2D eigenvalue weighted by Gasteiger charge is 2.30. The molecule has 2 fully saturated rings. The van der Waals surface area contributed by atoms with Crippen molar-refractivity contribution in [3.8, 4) is 5.75 Å². The minimum atomic E-state index is -3.70. The average Bonchev–Trinajstić information content (AvgIpc) is 2.97. The maximum absolute atomic E-state index is 13.2. The van der Waals surface area contributed by atoms with E-state index in [1.807, 2.05) is 6.92 Å². The lowest BCUT2D eigenvalue weighted by atomic mass is 10.1. The van der Waals surface area contributed by atoms with Gasteiger partial charge in [-0.3, -0.25) is 4.79 Å². The normalized spacial score (nSPS) is 22.3. The second-order valence-electron chi connectivity index (χ2n) is 7.29. The van der Waals surface area contributed by atoms with Gasteiger partial charge >= 0.3 is 0 Å². The van der Waals surface area contributed by atoms with Gasteiger partial charge in [0.05, 0.1) is 7.11 Å². The zero-order chi connectivity index (χ0) is 19.4. The Morgan fingerprint density at radius 3 is 2.48 bits per heavy atom. The van der Waals surface area contributed by atoms with Gasteiger partial charge in [-0.05, 0) is 38.0 Å². The number of carbonyl (C=O) groups is 1. The number of nitrogens with zero attached hydrogens (tertiary/aromatic N) is 2. The Balaban J connectivity index is 1.92. The van der Waals surface area contributed by atoms with Crippen LogP contribution in [0.3, 0.4) is 0 Å². The average molecular weight is 396 g/mol. The number of hydrogen-bond acceptors (Lipinski definition) is 5. The number of nitrogens with one attached hydrogen (secondary N) is 1. The highest BCUT2D eigenvalue weighted by atomic mass is 32.2. The van der Waals surface area contributed by atoms with Crippen molar-refractivity contribution in [2.75, 3.05) is 39.8 Å². The molecular weight excluding hydrogens is 366 g/mol. The number of ether oxygens (including phenoxy) is 1. The predicted molar refractivity (Wildman–Crippen MR) is 104 cm³/mol. The van der Waals surface area contributed by atoms with Gasteiger partial charge < -0.3 is 15.0 Å². The second kappa shape index (κ2) is 8.58. The molecule has 1 aromatic rings. The van der Waals surface area contributed by atoms with Crippen molar-refractivity contribution >= 4 is 15.9 Å². The highest BCUT2D eigenvalue weighted by Crippen LogP contribution is 2.30. The quantitative estimate of drug-likeness (QED) is 0.839. The van der Waals surface area contributed by atoms with Crippen LogP contribution < -0.4 is 10.1 Å². The van der Waals surface area contributed by atoms with Crippen molar-refractivity contribution in [1.29, 1.82) is 0 Å². The van der Waals surface area contributed by atoms with E-state index >= 15 is 0 Å². The molecule has 0 spiro atoms. The number of amides is 1. The Hall–Kier alpha value is -1.64.